The molecular formula is C12H13ClF2. The number of alkyl halides is 1. The van der Waals surface area contributed by atoms with Crippen molar-refractivity contribution in [3.8, 4) is 0 Å². The van der Waals surface area contributed by atoms with Crippen LogP contribution in [0.25, 0.3) is 0 Å². The number of benzene rings is 1. The molecule has 1 aromatic carbocycles. The van der Waals surface area contributed by atoms with Gasteiger partial charge in [-0.1, -0.05) is 11.6 Å². The van der Waals surface area contributed by atoms with Crippen LogP contribution >= 0.6 is 11.6 Å². The first-order valence-electron chi connectivity index (χ1n) is 4.78. The molecule has 0 aliphatic heterocycles. The van der Waals surface area contributed by atoms with E-state index in [1.807, 2.05) is 13.0 Å². The van der Waals surface area contributed by atoms with Crippen molar-refractivity contribution >= 4 is 11.6 Å². The first-order valence-corrected chi connectivity index (χ1v) is 5.32. The normalized spacial score (nSPS) is 11.9. The summed E-state index contributed by atoms with van der Waals surface area (Å²) in [6, 6.07) is 3.57. The molecule has 0 aliphatic rings. The van der Waals surface area contributed by atoms with Gasteiger partial charge in [0.15, 0.2) is 0 Å². The lowest BCUT2D eigenvalue weighted by Gasteiger charge is -2.02. The lowest BCUT2D eigenvalue weighted by molar-refractivity contribution is 0.580. The molecule has 0 fully saturated rings. The molecule has 0 atom stereocenters. The van der Waals surface area contributed by atoms with Gasteiger partial charge in [-0.25, -0.2) is 8.78 Å². The maximum Gasteiger partial charge on any atom is 0.126 e. The zero-order chi connectivity index (χ0) is 11.3. The molecule has 0 spiro atoms. The quantitative estimate of drug-likeness (QED) is 0.540. The predicted octanol–water partition coefficient (Wildman–Crippen LogP) is 4.08. The van der Waals surface area contributed by atoms with Crippen LogP contribution in [0, 0.1) is 11.6 Å². The molecule has 3 heteroatoms. The number of rotatable bonds is 4. The Labute approximate surface area is 93.6 Å². The fourth-order valence-corrected chi connectivity index (χ4v) is 1.52. The van der Waals surface area contributed by atoms with E-state index in [9.17, 15) is 8.78 Å². The average molecular weight is 231 g/mol. The summed E-state index contributed by atoms with van der Waals surface area (Å²) in [6.07, 6.45) is 3.33. The van der Waals surface area contributed by atoms with Crippen molar-refractivity contribution in [1.29, 1.82) is 0 Å². The van der Waals surface area contributed by atoms with Gasteiger partial charge in [0.1, 0.15) is 11.6 Å². The Morgan fingerprint density at radius 1 is 1.27 bits per heavy atom. The topological polar surface area (TPSA) is 0 Å². The van der Waals surface area contributed by atoms with Crippen molar-refractivity contribution in [1.82, 2.24) is 0 Å². The molecule has 0 nitrogen and oxygen atoms in total. The van der Waals surface area contributed by atoms with Crippen LogP contribution in [0.15, 0.2) is 29.8 Å². The summed E-state index contributed by atoms with van der Waals surface area (Å²) in [5.41, 5.74) is 1.72. The smallest absolute Gasteiger partial charge is 0.126 e. The number of hydrogen-bond donors (Lipinski definition) is 0. The highest BCUT2D eigenvalue weighted by Crippen LogP contribution is 2.12. The van der Waals surface area contributed by atoms with Gasteiger partial charge in [-0.2, -0.15) is 0 Å². The zero-order valence-corrected chi connectivity index (χ0v) is 9.32. The van der Waals surface area contributed by atoms with E-state index in [1.165, 1.54) is 12.1 Å². The first kappa shape index (κ1) is 12.2. The highest BCUT2D eigenvalue weighted by Gasteiger charge is 2.01. The van der Waals surface area contributed by atoms with Crippen molar-refractivity contribution < 1.29 is 8.78 Å². The lowest BCUT2D eigenvalue weighted by atomic mass is 10.1. The third-order valence-electron chi connectivity index (χ3n) is 2.01. The fraction of sp³-hybridized carbons (Fsp3) is 0.333. The first-order chi connectivity index (χ1) is 7.11. The lowest BCUT2D eigenvalue weighted by Crippen LogP contribution is -1.91. The Morgan fingerprint density at radius 2 is 1.87 bits per heavy atom. The molecule has 0 unspecified atom stereocenters. The highest BCUT2D eigenvalue weighted by molar-refractivity contribution is 6.17. The molecule has 15 heavy (non-hydrogen) atoms. The number of allylic oxidation sites excluding steroid dienone is 2. The van der Waals surface area contributed by atoms with Gasteiger partial charge in [-0.15, -0.1) is 11.6 Å². The average Bonchev–Trinajstić information content (AvgIpc) is 2.13. The van der Waals surface area contributed by atoms with Gasteiger partial charge < -0.3 is 0 Å². The van der Waals surface area contributed by atoms with Crippen LogP contribution in [0.2, 0.25) is 0 Å². The summed E-state index contributed by atoms with van der Waals surface area (Å²) in [6.45, 7) is 1.93. The number of hydrogen-bond acceptors (Lipinski definition) is 0. The van der Waals surface area contributed by atoms with Gasteiger partial charge in [0.2, 0.25) is 0 Å². The van der Waals surface area contributed by atoms with E-state index in [-0.39, 0.29) is 0 Å². The molecule has 1 rings (SSSR count). The second kappa shape index (κ2) is 5.86. The summed E-state index contributed by atoms with van der Waals surface area (Å²) < 4.78 is 25.7. The van der Waals surface area contributed by atoms with Gasteiger partial charge in [-0.3, -0.25) is 0 Å². The van der Waals surface area contributed by atoms with Crippen LogP contribution < -0.4 is 0 Å². The monoisotopic (exact) mass is 230 g/mol. The Bertz CT molecular complexity index is 338. The van der Waals surface area contributed by atoms with Crippen molar-refractivity contribution in [3.63, 3.8) is 0 Å². The van der Waals surface area contributed by atoms with E-state index < -0.39 is 11.6 Å². The van der Waals surface area contributed by atoms with Crippen molar-refractivity contribution in [3.05, 3.63) is 47.0 Å². The summed E-state index contributed by atoms with van der Waals surface area (Å²) in [5.74, 6) is -0.500. The van der Waals surface area contributed by atoms with Crippen LogP contribution in [-0.2, 0) is 6.42 Å². The molecule has 0 amide bonds. The Balaban J connectivity index is 2.72. The van der Waals surface area contributed by atoms with Gasteiger partial charge in [-0.05, 0) is 37.5 Å². The summed E-state index contributed by atoms with van der Waals surface area (Å²) >= 11 is 5.53. The van der Waals surface area contributed by atoms with Crippen LogP contribution in [0.1, 0.15) is 18.9 Å². The maximum absolute atomic E-state index is 12.8. The van der Waals surface area contributed by atoms with E-state index in [1.54, 1.807) is 0 Å². The van der Waals surface area contributed by atoms with Gasteiger partial charge in [0.25, 0.3) is 0 Å². The third-order valence-corrected chi connectivity index (χ3v) is 2.23. The van der Waals surface area contributed by atoms with Crippen LogP contribution in [0.4, 0.5) is 8.78 Å². The Kier molecular flexibility index (Phi) is 4.76. The third kappa shape index (κ3) is 4.43. The van der Waals surface area contributed by atoms with Crippen molar-refractivity contribution in [2.75, 3.05) is 5.88 Å². The minimum Gasteiger partial charge on any atom is -0.207 e. The molecule has 0 N–H and O–H groups in total. The number of halogens is 3. The summed E-state index contributed by atoms with van der Waals surface area (Å²) in [4.78, 5) is 0. The van der Waals surface area contributed by atoms with Crippen LogP contribution in [0.3, 0.4) is 0 Å². The van der Waals surface area contributed by atoms with E-state index in [2.05, 4.69) is 0 Å². The second-order valence-electron chi connectivity index (χ2n) is 3.48. The highest BCUT2D eigenvalue weighted by atomic mass is 35.5. The van der Waals surface area contributed by atoms with Crippen LogP contribution in [-0.4, -0.2) is 5.88 Å². The molecule has 0 saturated carbocycles. The molecule has 0 saturated heterocycles. The second-order valence-corrected chi connectivity index (χ2v) is 3.86. The van der Waals surface area contributed by atoms with E-state index in [0.29, 0.717) is 17.9 Å². The molecule has 82 valence electrons. The van der Waals surface area contributed by atoms with Crippen molar-refractivity contribution in [2.24, 2.45) is 0 Å². The molecule has 0 heterocycles. The molecule has 0 aliphatic carbocycles. The molecular weight excluding hydrogens is 218 g/mol. The standard InChI is InChI=1S/C12H13ClF2/c1-9(3-2-4-13)5-10-6-11(14)8-12(15)7-10/h3,6-8H,2,4-5H2,1H3/b9-3-. The van der Waals surface area contributed by atoms with Gasteiger partial charge in [0.05, 0.1) is 0 Å². The zero-order valence-electron chi connectivity index (χ0n) is 8.56. The summed E-state index contributed by atoms with van der Waals surface area (Å²) in [5, 5.41) is 0. The minimum absolute atomic E-state index is 0.532. The van der Waals surface area contributed by atoms with E-state index in [0.717, 1.165) is 18.1 Å². The SMILES string of the molecule is C/C(=C/CCCl)Cc1cc(F)cc(F)c1. The molecule has 0 radical (unpaired) electrons. The molecule has 1 aromatic rings. The minimum atomic E-state index is -0.532. The van der Waals surface area contributed by atoms with Crippen molar-refractivity contribution in [2.45, 2.75) is 19.8 Å². The Morgan fingerprint density at radius 3 is 2.40 bits per heavy atom. The predicted molar refractivity (Wildman–Crippen MR) is 59.2 cm³/mol. The van der Waals surface area contributed by atoms with E-state index in [4.69, 9.17) is 11.6 Å². The molecule has 0 bridgehead atoms. The Hall–Kier alpha value is -0.890. The largest absolute Gasteiger partial charge is 0.207 e. The maximum atomic E-state index is 12.8. The van der Waals surface area contributed by atoms with Crippen LogP contribution in [0.5, 0.6) is 0 Å². The molecule has 0 aromatic heterocycles. The van der Waals surface area contributed by atoms with Gasteiger partial charge >= 0.3 is 0 Å². The van der Waals surface area contributed by atoms with Gasteiger partial charge in [0, 0.05) is 11.9 Å². The van der Waals surface area contributed by atoms with E-state index >= 15 is 0 Å². The fourth-order valence-electron chi connectivity index (χ4n) is 1.41. The summed E-state index contributed by atoms with van der Waals surface area (Å²) in [7, 11) is 0.